The summed E-state index contributed by atoms with van der Waals surface area (Å²) in [5, 5.41) is 10.7. The highest BCUT2D eigenvalue weighted by atomic mass is 16.6. The minimum Gasteiger partial charge on any atom is -0.258 e. The van der Waals surface area contributed by atoms with Crippen molar-refractivity contribution in [1.82, 2.24) is 0 Å². The Labute approximate surface area is 83.9 Å². The molecule has 1 aromatic rings. The van der Waals surface area contributed by atoms with Crippen molar-refractivity contribution in [3.63, 3.8) is 0 Å². The fraction of sp³-hybridized carbons (Fsp3) is 0.364. The molecule has 1 aromatic carbocycles. The summed E-state index contributed by atoms with van der Waals surface area (Å²) in [4.78, 5) is 10.3. The van der Waals surface area contributed by atoms with E-state index in [1.807, 2.05) is 26.8 Å². The van der Waals surface area contributed by atoms with Crippen molar-refractivity contribution in [2.75, 3.05) is 0 Å². The lowest BCUT2D eigenvalue weighted by atomic mass is 9.86. The second kappa shape index (κ2) is 3.40. The normalized spacial score (nSPS) is 11.4. The van der Waals surface area contributed by atoms with Gasteiger partial charge in [-0.05, 0) is 17.9 Å². The summed E-state index contributed by atoms with van der Waals surface area (Å²) in [5.74, 6) is 0. The topological polar surface area (TPSA) is 43.1 Å². The molecule has 1 radical (unpaired) electrons. The third-order valence-corrected chi connectivity index (χ3v) is 2.15. The Balaban J connectivity index is 3.27. The first-order chi connectivity index (χ1) is 6.32. The van der Waals surface area contributed by atoms with E-state index in [1.165, 1.54) is 0 Å². The summed E-state index contributed by atoms with van der Waals surface area (Å²) in [6.07, 6.45) is 0. The Bertz CT molecular complexity index is 364. The Hall–Kier alpha value is -1.38. The summed E-state index contributed by atoms with van der Waals surface area (Å²) in [7, 11) is 0. The molecule has 1 rings (SSSR count). The molecule has 0 fully saturated rings. The van der Waals surface area contributed by atoms with E-state index in [9.17, 15) is 10.1 Å². The van der Waals surface area contributed by atoms with Crippen LogP contribution in [0.25, 0.3) is 0 Å². The first-order valence-corrected chi connectivity index (χ1v) is 4.43. The lowest BCUT2D eigenvalue weighted by Crippen LogP contribution is -2.11. The van der Waals surface area contributed by atoms with Gasteiger partial charge in [0.25, 0.3) is 5.69 Å². The summed E-state index contributed by atoms with van der Waals surface area (Å²) in [6, 6.07) is 5.18. The van der Waals surface area contributed by atoms with Crippen LogP contribution in [0.2, 0.25) is 0 Å². The number of nitrogens with zero attached hydrogens (tertiary/aromatic N) is 1. The van der Waals surface area contributed by atoms with Crippen LogP contribution in [-0.4, -0.2) is 4.92 Å². The average Bonchev–Trinajstić information content (AvgIpc) is 2.02. The van der Waals surface area contributed by atoms with Gasteiger partial charge in [0.15, 0.2) is 0 Å². The van der Waals surface area contributed by atoms with Crippen LogP contribution in [0.4, 0.5) is 5.69 Å². The second-order valence-electron chi connectivity index (χ2n) is 4.35. The maximum atomic E-state index is 10.7. The highest BCUT2D eigenvalue weighted by Crippen LogP contribution is 2.27. The monoisotopic (exact) mass is 192 g/mol. The molecule has 0 N–H and O–H groups in total. The lowest BCUT2D eigenvalue weighted by molar-refractivity contribution is -0.385. The molecule has 0 aliphatic rings. The van der Waals surface area contributed by atoms with E-state index < -0.39 is 4.92 Å². The molecule has 0 aromatic heterocycles. The number of nitro benzene ring substituents is 1. The predicted molar refractivity (Wildman–Crippen MR) is 56.3 cm³/mol. The van der Waals surface area contributed by atoms with Crippen LogP contribution in [0.15, 0.2) is 18.2 Å². The first kappa shape index (κ1) is 10.7. The van der Waals surface area contributed by atoms with Crippen molar-refractivity contribution in [2.24, 2.45) is 0 Å². The fourth-order valence-corrected chi connectivity index (χ4v) is 1.20. The van der Waals surface area contributed by atoms with Gasteiger partial charge in [0, 0.05) is 11.6 Å². The molecule has 3 heteroatoms. The zero-order valence-corrected chi connectivity index (χ0v) is 8.70. The van der Waals surface area contributed by atoms with Gasteiger partial charge in [-0.3, -0.25) is 10.1 Å². The van der Waals surface area contributed by atoms with Crippen molar-refractivity contribution < 1.29 is 4.92 Å². The van der Waals surface area contributed by atoms with Crippen LogP contribution < -0.4 is 0 Å². The van der Waals surface area contributed by atoms with Crippen LogP contribution >= 0.6 is 0 Å². The molecule has 0 bridgehead atoms. The number of benzene rings is 1. The zero-order chi connectivity index (χ0) is 10.9. The number of nitro groups is 1. The van der Waals surface area contributed by atoms with Crippen molar-refractivity contribution in [3.8, 4) is 0 Å². The Kier molecular flexibility index (Phi) is 2.60. The van der Waals surface area contributed by atoms with Crippen LogP contribution in [0.5, 0.6) is 0 Å². The quantitative estimate of drug-likeness (QED) is 0.507. The fourth-order valence-electron chi connectivity index (χ4n) is 1.20. The third kappa shape index (κ3) is 2.10. The van der Waals surface area contributed by atoms with Gasteiger partial charge in [-0.25, -0.2) is 0 Å². The van der Waals surface area contributed by atoms with Gasteiger partial charge < -0.3 is 0 Å². The highest BCUT2D eigenvalue weighted by molar-refractivity contribution is 5.46. The molecular formula is C11H14NO2. The summed E-state index contributed by atoms with van der Waals surface area (Å²) >= 11 is 0. The van der Waals surface area contributed by atoms with Crippen molar-refractivity contribution in [2.45, 2.75) is 26.2 Å². The molecular weight excluding hydrogens is 178 g/mol. The molecule has 14 heavy (non-hydrogen) atoms. The van der Waals surface area contributed by atoms with Crippen molar-refractivity contribution in [3.05, 3.63) is 46.4 Å². The molecule has 0 saturated carbocycles. The summed E-state index contributed by atoms with van der Waals surface area (Å²) in [6.45, 7) is 9.69. The number of hydrogen-bond acceptors (Lipinski definition) is 2. The molecule has 0 atom stereocenters. The third-order valence-electron chi connectivity index (χ3n) is 2.15. The van der Waals surface area contributed by atoms with Gasteiger partial charge in [0.05, 0.1) is 4.92 Å². The highest BCUT2D eigenvalue weighted by Gasteiger charge is 2.18. The van der Waals surface area contributed by atoms with E-state index in [-0.39, 0.29) is 11.1 Å². The lowest BCUT2D eigenvalue weighted by Gasteiger charge is -2.18. The minimum absolute atomic E-state index is 0.0710. The molecule has 0 aliphatic carbocycles. The Morgan fingerprint density at radius 2 is 1.93 bits per heavy atom. The van der Waals surface area contributed by atoms with E-state index in [0.717, 1.165) is 5.56 Å². The van der Waals surface area contributed by atoms with Gasteiger partial charge in [0.1, 0.15) is 0 Å². The Morgan fingerprint density at radius 1 is 1.36 bits per heavy atom. The average molecular weight is 192 g/mol. The molecule has 0 saturated heterocycles. The minimum atomic E-state index is -0.391. The first-order valence-electron chi connectivity index (χ1n) is 4.43. The second-order valence-corrected chi connectivity index (χ2v) is 4.35. The van der Waals surface area contributed by atoms with Gasteiger partial charge in [0.2, 0.25) is 0 Å². The predicted octanol–water partition coefficient (Wildman–Crippen LogP) is 3.07. The maximum Gasteiger partial charge on any atom is 0.272 e. The van der Waals surface area contributed by atoms with Crippen LogP contribution in [0.3, 0.4) is 0 Å². The van der Waals surface area contributed by atoms with Gasteiger partial charge in [-0.1, -0.05) is 32.9 Å². The smallest absolute Gasteiger partial charge is 0.258 e. The maximum absolute atomic E-state index is 10.7. The molecule has 0 amide bonds. The SMILES string of the molecule is [CH2]c1ccc(C(C)(C)C)cc1[N+](=O)[O-]. The van der Waals surface area contributed by atoms with Crippen LogP contribution in [-0.2, 0) is 5.41 Å². The van der Waals surface area contributed by atoms with Gasteiger partial charge in [-0.15, -0.1) is 0 Å². The molecule has 75 valence electrons. The van der Waals surface area contributed by atoms with Gasteiger partial charge in [-0.2, -0.15) is 0 Å². The van der Waals surface area contributed by atoms with E-state index in [2.05, 4.69) is 6.92 Å². The Morgan fingerprint density at radius 3 is 2.36 bits per heavy atom. The van der Waals surface area contributed by atoms with E-state index in [4.69, 9.17) is 0 Å². The standard InChI is InChI=1S/C11H14NO2/c1-8-5-6-9(11(2,3)4)7-10(8)12(13)14/h5-7H,1H2,2-4H3. The van der Waals surface area contributed by atoms with E-state index in [0.29, 0.717) is 5.56 Å². The molecule has 0 heterocycles. The molecule has 3 nitrogen and oxygen atoms in total. The van der Waals surface area contributed by atoms with Crippen molar-refractivity contribution in [1.29, 1.82) is 0 Å². The molecule has 0 aliphatic heterocycles. The summed E-state index contributed by atoms with van der Waals surface area (Å²) < 4.78 is 0. The van der Waals surface area contributed by atoms with Crippen LogP contribution in [0, 0.1) is 17.0 Å². The van der Waals surface area contributed by atoms with Gasteiger partial charge >= 0.3 is 0 Å². The summed E-state index contributed by atoms with van der Waals surface area (Å²) in [5.41, 5.74) is 1.44. The number of hydrogen-bond donors (Lipinski definition) is 0. The van der Waals surface area contributed by atoms with Crippen LogP contribution in [0.1, 0.15) is 31.9 Å². The zero-order valence-electron chi connectivity index (χ0n) is 8.70. The molecule has 0 unspecified atom stereocenters. The van der Waals surface area contributed by atoms with E-state index >= 15 is 0 Å². The van der Waals surface area contributed by atoms with E-state index in [1.54, 1.807) is 12.1 Å². The molecule has 0 spiro atoms. The van der Waals surface area contributed by atoms with Crippen molar-refractivity contribution >= 4 is 5.69 Å². The largest absolute Gasteiger partial charge is 0.272 e. The number of rotatable bonds is 1.